The number of aromatic hydroxyl groups is 1. The van der Waals surface area contributed by atoms with E-state index >= 15 is 0 Å². The zero-order valence-corrected chi connectivity index (χ0v) is 13.0. The van der Waals surface area contributed by atoms with Crippen molar-refractivity contribution < 1.29 is 14.3 Å². The second-order valence-corrected chi connectivity index (χ2v) is 5.76. The number of ketones is 1. The minimum absolute atomic E-state index is 0.112. The Morgan fingerprint density at radius 3 is 2.58 bits per heavy atom. The normalized spacial score (nSPS) is 19.7. The van der Waals surface area contributed by atoms with Crippen LogP contribution in [0.2, 0.25) is 0 Å². The van der Waals surface area contributed by atoms with Crippen LogP contribution in [0.3, 0.4) is 0 Å². The van der Waals surface area contributed by atoms with Gasteiger partial charge in [-0.25, -0.2) is 4.39 Å². The molecule has 0 radical (unpaired) electrons. The van der Waals surface area contributed by atoms with E-state index in [9.17, 15) is 14.3 Å². The van der Waals surface area contributed by atoms with Crippen molar-refractivity contribution >= 4 is 5.78 Å². The Morgan fingerprint density at radius 2 is 1.92 bits per heavy atom. The lowest BCUT2D eigenvalue weighted by Gasteiger charge is -2.29. The number of phenolic OH excluding ortho intramolecular Hbond substituents is 1. The Kier molecular flexibility index (Phi) is 4.43. The molecule has 1 aliphatic carbocycles. The largest absolute Gasteiger partial charge is 0.508 e. The summed E-state index contributed by atoms with van der Waals surface area (Å²) >= 11 is 0. The molecule has 0 bridgehead atoms. The van der Waals surface area contributed by atoms with Crippen molar-refractivity contribution in [3.8, 4) is 5.75 Å². The molecule has 2 aromatic rings. The summed E-state index contributed by atoms with van der Waals surface area (Å²) < 4.78 is 13.3. The molecule has 0 saturated carbocycles. The standard InChI is InChI=1S/C21H17FO2/c22-17-9-10-18(20(24)15-17)21(12-5-2-6-13-21)14-11-19(23)16-7-3-1-4-8-16/h1-12,14-15,24H,13H2/b14-11+. The summed E-state index contributed by atoms with van der Waals surface area (Å²) in [6.07, 6.45) is 11.5. The fourth-order valence-corrected chi connectivity index (χ4v) is 2.87. The number of phenols is 1. The molecule has 0 fully saturated rings. The van der Waals surface area contributed by atoms with Crippen molar-refractivity contribution in [1.29, 1.82) is 0 Å². The van der Waals surface area contributed by atoms with E-state index in [2.05, 4.69) is 0 Å². The smallest absolute Gasteiger partial charge is 0.185 e. The van der Waals surface area contributed by atoms with E-state index in [1.807, 2.05) is 42.5 Å². The highest BCUT2D eigenvalue weighted by molar-refractivity contribution is 6.04. The number of allylic oxidation sites excluding steroid dienone is 6. The van der Waals surface area contributed by atoms with Crippen molar-refractivity contribution in [2.75, 3.05) is 0 Å². The first-order chi connectivity index (χ1) is 11.6. The van der Waals surface area contributed by atoms with Gasteiger partial charge in [0.2, 0.25) is 0 Å². The summed E-state index contributed by atoms with van der Waals surface area (Å²) in [6.45, 7) is 0. The number of rotatable bonds is 4. The van der Waals surface area contributed by atoms with E-state index in [1.165, 1.54) is 12.1 Å². The molecular formula is C21H17FO2. The second-order valence-electron chi connectivity index (χ2n) is 5.76. The molecule has 1 aliphatic rings. The van der Waals surface area contributed by atoms with Crippen LogP contribution in [0.1, 0.15) is 22.3 Å². The number of carbonyl (C=O) groups is 1. The van der Waals surface area contributed by atoms with Crippen molar-refractivity contribution in [1.82, 2.24) is 0 Å². The Labute approximate surface area is 140 Å². The number of halogens is 1. The highest BCUT2D eigenvalue weighted by atomic mass is 19.1. The first-order valence-corrected chi connectivity index (χ1v) is 7.73. The van der Waals surface area contributed by atoms with Crippen LogP contribution in [0.5, 0.6) is 5.75 Å². The molecule has 0 amide bonds. The highest BCUT2D eigenvalue weighted by Crippen LogP contribution is 2.39. The van der Waals surface area contributed by atoms with Crippen molar-refractivity contribution in [3.63, 3.8) is 0 Å². The molecule has 24 heavy (non-hydrogen) atoms. The zero-order valence-electron chi connectivity index (χ0n) is 13.0. The van der Waals surface area contributed by atoms with E-state index in [1.54, 1.807) is 24.3 Å². The maximum atomic E-state index is 13.3. The maximum Gasteiger partial charge on any atom is 0.185 e. The van der Waals surface area contributed by atoms with Crippen LogP contribution >= 0.6 is 0 Å². The molecule has 0 aliphatic heterocycles. The molecule has 1 unspecified atom stereocenters. The van der Waals surface area contributed by atoms with Crippen molar-refractivity contribution in [2.45, 2.75) is 11.8 Å². The van der Waals surface area contributed by atoms with Crippen LogP contribution in [0.15, 0.2) is 85.0 Å². The lowest BCUT2D eigenvalue weighted by Crippen LogP contribution is -2.22. The Balaban J connectivity index is 1.98. The SMILES string of the molecule is O=C(/C=C/C1(c2ccc(F)cc2O)C=CC=CC1)c1ccccc1. The number of hydrogen-bond acceptors (Lipinski definition) is 2. The number of benzene rings is 2. The molecule has 2 nitrogen and oxygen atoms in total. The van der Waals surface area contributed by atoms with Gasteiger partial charge < -0.3 is 5.11 Å². The molecule has 1 N–H and O–H groups in total. The van der Waals surface area contributed by atoms with Crippen molar-refractivity contribution in [2.24, 2.45) is 0 Å². The van der Waals surface area contributed by atoms with Gasteiger partial charge in [0.05, 0.1) is 0 Å². The van der Waals surface area contributed by atoms with Gasteiger partial charge in [0, 0.05) is 22.6 Å². The summed E-state index contributed by atoms with van der Waals surface area (Å²) in [4.78, 5) is 12.3. The number of carbonyl (C=O) groups excluding carboxylic acids is 1. The Morgan fingerprint density at radius 1 is 1.12 bits per heavy atom. The van der Waals surface area contributed by atoms with Crippen molar-refractivity contribution in [3.05, 3.63) is 102 Å². The van der Waals surface area contributed by atoms with Gasteiger partial charge in [0.15, 0.2) is 5.78 Å². The molecule has 3 heteroatoms. The molecule has 0 spiro atoms. The summed E-state index contributed by atoms with van der Waals surface area (Å²) in [5.41, 5.74) is 0.501. The lowest BCUT2D eigenvalue weighted by molar-refractivity contribution is 0.104. The van der Waals surface area contributed by atoms with Gasteiger partial charge in [-0.1, -0.05) is 66.8 Å². The topological polar surface area (TPSA) is 37.3 Å². The van der Waals surface area contributed by atoms with E-state index in [4.69, 9.17) is 0 Å². The Hall–Kier alpha value is -2.94. The number of hydrogen-bond donors (Lipinski definition) is 1. The highest BCUT2D eigenvalue weighted by Gasteiger charge is 2.29. The molecule has 2 aromatic carbocycles. The van der Waals surface area contributed by atoms with Crippen LogP contribution in [-0.4, -0.2) is 10.9 Å². The maximum absolute atomic E-state index is 13.3. The molecule has 0 heterocycles. The van der Waals surface area contributed by atoms with Gasteiger partial charge >= 0.3 is 0 Å². The average molecular weight is 320 g/mol. The van der Waals surface area contributed by atoms with Crippen LogP contribution in [-0.2, 0) is 5.41 Å². The van der Waals surface area contributed by atoms with E-state index in [0.717, 1.165) is 6.07 Å². The van der Waals surface area contributed by atoms with Gasteiger partial charge in [-0.2, -0.15) is 0 Å². The third kappa shape index (κ3) is 3.20. The summed E-state index contributed by atoms with van der Waals surface area (Å²) in [6, 6.07) is 13.0. The predicted octanol–water partition coefficient (Wildman–Crippen LogP) is 4.72. The Bertz CT molecular complexity index is 834. The molecule has 0 saturated heterocycles. The zero-order chi connectivity index (χ0) is 17.0. The third-order valence-corrected chi connectivity index (χ3v) is 4.15. The fourth-order valence-electron chi connectivity index (χ4n) is 2.87. The second kappa shape index (κ2) is 6.67. The molecular weight excluding hydrogens is 303 g/mol. The van der Waals surface area contributed by atoms with Crippen LogP contribution < -0.4 is 0 Å². The summed E-state index contributed by atoms with van der Waals surface area (Å²) in [7, 11) is 0. The van der Waals surface area contributed by atoms with Gasteiger partial charge in [-0.15, -0.1) is 0 Å². The lowest BCUT2D eigenvalue weighted by atomic mass is 9.74. The van der Waals surface area contributed by atoms with E-state index in [-0.39, 0.29) is 11.5 Å². The molecule has 120 valence electrons. The summed E-state index contributed by atoms with van der Waals surface area (Å²) in [5.74, 6) is -0.725. The molecule has 1 atom stereocenters. The van der Waals surface area contributed by atoms with Gasteiger partial charge in [0.1, 0.15) is 11.6 Å². The third-order valence-electron chi connectivity index (χ3n) is 4.15. The first-order valence-electron chi connectivity index (χ1n) is 7.73. The van der Waals surface area contributed by atoms with Crippen LogP contribution in [0.4, 0.5) is 4.39 Å². The predicted molar refractivity (Wildman–Crippen MR) is 92.6 cm³/mol. The summed E-state index contributed by atoms with van der Waals surface area (Å²) in [5, 5.41) is 10.2. The van der Waals surface area contributed by atoms with Crippen LogP contribution in [0, 0.1) is 5.82 Å². The molecule has 0 aromatic heterocycles. The van der Waals surface area contributed by atoms with E-state index < -0.39 is 11.2 Å². The van der Waals surface area contributed by atoms with Gasteiger partial charge in [-0.05, 0) is 18.6 Å². The average Bonchev–Trinajstić information content (AvgIpc) is 2.61. The minimum atomic E-state index is -0.670. The first kappa shape index (κ1) is 15.9. The van der Waals surface area contributed by atoms with Gasteiger partial charge in [-0.3, -0.25) is 4.79 Å². The quantitative estimate of drug-likeness (QED) is 0.653. The van der Waals surface area contributed by atoms with Gasteiger partial charge in [0.25, 0.3) is 0 Å². The monoisotopic (exact) mass is 320 g/mol. The van der Waals surface area contributed by atoms with E-state index in [0.29, 0.717) is 17.5 Å². The minimum Gasteiger partial charge on any atom is -0.508 e. The fraction of sp³-hybridized carbons (Fsp3) is 0.0952. The van der Waals surface area contributed by atoms with Crippen LogP contribution in [0.25, 0.3) is 0 Å². The molecule has 3 rings (SSSR count).